The number of primary amides is 1. The van der Waals surface area contributed by atoms with Crippen molar-refractivity contribution in [2.75, 3.05) is 0 Å². The Labute approximate surface area is 127 Å². The van der Waals surface area contributed by atoms with Crippen molar-refractivity contribution in [3.63, 3.8) is 0 Å². The van der Waals surface area contributed by atoms with E-state index in [1.54, 1.807) is 11.3 Å². The number of fused-ring (bicyclic) bond motifs is 1. The van der Waals surface area contributed by atoms with Gasteiger partial charge in [-0.1, -0.05) is 48.5 Å². The molecular formula is C17H16N2OS. The standard InChI is InChI=1S/C17H16N2OS/c18-17(20)16(12-6-2-1-3-7-12)19-10-13-11-21-15-9-5-4-8-14(13)15/h1-9,11,16,19H,10H2,(H2,18,20). The average molecular weight is 296 g/mol. The summed E-state index contributed by atoms with van der Waals surface area (Å²) in [4.78, 5) is 11.7. The predicted octanol–water partition coefficient (Wildman–Crippen LogP) is 3.22. The monoisotopic (exact) mass is 296 g/mol. The van der Waals surface area contributed by atoms with E-state index in [-0.39, 0.29) is 5.91 Å². The van der Waals surface area contributed by atoms with Crippen molar-refractivity contribution in [2.45, 2.75) is 12.6 Å². The van der Waals surface area contributed by atoms with Crippen molar-refractivity contribution in [3.05, 3.63) is 71.1 Å². The minimum atomic E-state index is -0.468. The zero-order valence-corrected chi connectivity index (χ0v) is 12.3. The van der Waals surface area contributed by atoms with Gasteiger partial charge in [0.1, 0.15) is 6.04 Å². The summed E-state index contributed by atoms with van der Waals surface area (Å²) >= 11 is 1.71. The second kappa shape index (κ2) is 6.08. The van der Waals surface area contributed by atoms with E-state index >= 15 is 0 Å². The lowest BCUT2D eigenvalue weighted by Crippen LogP contribution is -2.33. The van der Waals surface area contributed by atoms with Crippen LogP contribution in [-0.4, -0.2) is 5.91 Å². The van der Waals surface area contributed by atoms with Crippen LogP contribution in [0.4, 0.5) is 0 Å². The van der Waals surface area contributed by atoms with E-state index in [1.165, 1.54) is 15.6 Å². The molecule has 0 bridgehead atoms. The minimum absolute atomic E-state index is 0.360. The number of nitrogens with two attached hydrogens (primary N) is 1. The Balaban J connectivity index is 1.80. The van der Waals surface area contributed by atoms with Gasteiger partial charge in [0.25, 0.3) is 0 Å². The molecule has 0 saturated carbocycles. The molecule has 106 valence electrons. The molecule has 3 N–H and O–H groups in total. The smallest absolute Gasteiger partial charge is 0.239 e. The second-order valence-electron chi connectivity index (χ2n) is 4.88. The van der Waals surface area contributed by atoms with Crippen molar-refractivity contribution in [2.24, 2.45) is 5.73 Å². The third-order valence-corrected chi connectivity index (χ3v) is 4.49. The lowest BCUT2D eigenvalue weighted by Gasteiger charge is -2.15. The van der Waals surface area contributed by atoms with Crippen molar-refractivity contribution in [1.29, 1.82) is 0 Å². The van der Waals surface area contributed by atoms with Gasteiger partial charge < -0.3 is 5.73 Å². The summed E-state index contributed by atoms with van der Waals surface area (Å²) in [5.74, 6) is -0.360. The van der Waals surface area contributed by atoms with E-state index in [0.29, 0.717) is 6.54 Å². The maximum atomic E-state index is 11.7. The summed E-state index contributed by atoms with van der Waals surface area (Å²) in [6, 6.07) is 17.4. The fourth-order valence-corrected chi connectivity index (χ4v) is 3.37. The summed E-state index contributed by atoms with van der Waals surface area (Å²) in [6.45, 7) is 0.618. The lowest BCUT2D eigenvalue weighted by atomic mass is 10.1. The van der Waals surface area contributed by atoms with Gasteiger partial charge in [0, 0.05) is 11.2 Å². The molecule has 0 saturated heterocycles. The fraction of sp³-hybridized carbons (Fsp3) is 0.118. The molecule has 1 unspecified atom stereocenters. The highest BCUT2D eigenvalue weighted by Crippen LogP contribution is 2.26. The van der Waals surface area contributed by atoms with Crippen LogP contribution in [0.5, 0.6) is 0 Å². The molecule has 2 aromatic carbocycles. The van der Waals surface area contributed by atoms with Gasteiger partial charge in [-0.15, -0.1) is 11.3 Å². The van der Waals surface area contributed by atoms with Crippen molar-refractivity contribution >= 4 is 27.3 Å². The number of amides is 1. The molecule has 3 rings (SSSR count). The van der Waals surface area contributed by atoms with Crippen molar-refractivity contribution in [1.82, 2.24) is 5.32 Å². The normalized spacial score (nSPS) is 12.4. The summed E-state index contributed by atoms with van der Waals surface area (Å²) in [7, 11) is 0. The molecule has 0 spiro atoms. The maximum Gasteiger partial charge on any atom is 0.239 e. The minimum Gasteiger partial charge on any atom is -0.368 e. The number of carbonyl (C=O) groups is 1. The van der Waals surface area contributed by atoms with Gasteiger partial charge in [-0.05, 0) is 28.0 Å². The summed E-state index contributed by atoms with van der Waals surface area (Å²) < 4.78 is 1.25. The van der Waals surface area contributed by atoms with Gasteiger partial charge >= 0.3 is 0 Å². The van der Waals surface area contributed by atoms with Crippen LogP contribution in [-0.2, 0) is 11.3 Å². The number of hydrogen-bond acceptors (Lipinski definition) is 3. The van der Waals surface area contributed by atoms with E-state index in [0.717, 1.165) is 5.56 Å². The van der Waals surface area contributed by atoms with Crippen LogP contribution in [0.3, 0.4) is 0 Å². The van der Waals surface area contributed by atoms with Gasteiger partial charge in [0.15, 0.2) is 0 Å². The molecular weight excluding hydrogens is 280 g/mol. The predicted molar refractivity (Wildman–Crippen MR) is 87.0 cm³/mol. The number of nitrogens with one attached hydrogen (secondary N) is 1. The Bertz CT molecular complexity index is 752. The Kier molecular flexibility index (Phi) is 3.99. The SMILES string of the molecule is NC(=O)C(NCc1csc2ccccc12)c1ccccc1. The van der Waals surface area contributed by atoms with E-state index in [9.17, 15) is 4.79 Å². The molecule has 0 radical (unpaired) electrons. The molecule has 21 heavy (non-hydrogen) atoms. The molecule has 0 aliphatic rings. The Hall–Kier alpha value is -2.17. The van der Waals surface area contributed by atoms with Crippen LogP contribution in [0.1, 0.15) is 17.2 Å². The molecule has 4 heteroatoms. The molecule has 0 aliphatic carbocycles. The Morgan fingerprint density at radius 2 is 1.81 bits per heavy atom. The first-order valence-corrected chi connectivity index (χ1v) is 7.66. The van der Waals surface area contributed by atoms with Crippen molar-refractivity contribution < 1.29 is 4.79 Å². The first kappa shape index (κ1) is 13.8. The summed E-state index contributed by atoms with van der Waals surface area (Å²) in [5, 5.41) is 6.62. The highest BCUT2D eigenvalue weighted by atomic mass is 32.1. The van der Waals surface area contributed by atoms with Gasteiger partial charge in [-0.3, -0.25) is 10.1 Å². The highest BCUT2D eigenvalue weighted by Gasteiger charge is 2.17. The van der Waals surface area contributed by atoms with Crippen LogP contribution < -0.4 is 11.1 Å². The van der Waals surface area contributed by atoms with Gasteiger partial charge in [-0.25, -0.2) is 0 Å². The average Bonchev–Trinajstić information content (AvgIpc) is 2.92. The number of carbonyl (C=O) groups excluding carboxylic acids is 1. The molecule has 0 fully saturated rings. The summed E-state index contributed by atoms with van der Waals surface area (Å²) in [5.41, 5.74) is 7.61. The fourth-order valence-electron chi connectivity index (χ4n) is 2.41. The van der Waals surface area contributed by atoms with Crippen LogP contribution in [0.2, 0.25) is 0 Å². The van der Waals surface area contributed by atoms with Gasteiger partial charge in [0.05, 0.1) is 0 Å². The van der Waals surface area contributed by atoms with Crippen LogP contribution in [0, 0.1) is 0 Å². The molecule has 1 heterocycles. The molecule has 3 aromatic rings. The second-order valence-corrected chi connectivity index (χ2v) is 5.80. The Morgan fingerprint density at radius 3 is 2.57 bits per heavy atom. The molecule has 1 atom stereocenters. The summed E-state index contributed by atoms with van der Waals surface area (Å²) in [6.07, 6.45) is 0. The van der Waals surface area contributed by atoms with Gasteiger partial charge in [0.2, 0.25) is 5.91 Å². The molecule has 0 aliphatic heterocycles. The molecule has 1 amide bonds. The zero-order valence-electron chi connectivity index (χ0n) is 11.5. The Morgan fingerprint density at radius 1 is 1.10 bits per heavy atom. The number of hydrogen-bond donors (Lipinski definition) is 2. The molecule has 1 aromatic heterocycles. The van der Waals surface area contributed by atoms with E-state index in [1.807, 2.05) is 42.5 Å². The largest absolute Gasteiger partial charge is 0.368 e. The zero-order chi connectivity index (χ0) is 14.7. The van der Waals surface area contributed by atoms with Crippen LogP contribution >= 0.6 is 11.3 Å². The van der Waals surface area contributed by atoms with E-state index in [4.69, 9.17) is 5.73 Å². The first-order chi connectivity index (χ1) is 10.3. The van der Waals surface area contributed by atoms with Gasteiger partial charge in [-0.2, -0.15) is 0 Å². The van der Waals surface area contributed by atoms with Crippen LogP contribution in [0.25, 0.3) is 10.1 Å². The molecule has 3 nitrogen and oxygen atoms in total. The highest BCUT2D eigenvalue weighted by molar-refractivity contribution is 7.17. The topological polar surface area (TPSA) is 55.1 Å². The third kappa shape index (κ3) is 2.96. The van der Waals surface area contributed by atoms with Crippen LogP contribution in [0.15, 0.2) is 60.0 Å². The number of benzene rings is 2. The maximum absolute atomic E-state index is 11.7. The number of rotatable bonds is 5. The van der Waals surface area contributed by atoms with Crippen molar-refractivity contribution in [3.8, 4) is 0 Å². The third-order valence-electron chi connectivity index (χ3n) is 3.48. The first-order valence-electron chi connectivity index (χ1n) is 6.78. The lowest BCUT2D eigenvalue weighted by molar-refractivity contribution is -0.120. The van der Waals surface area contributed by atoms with E-state index in [2.05, 4.69) is 22.8 Å². The van der Waals surface area contributed by atoms with E-state index < -0.39 is 6.04 Å². The quantitative estimate of drug-likeness (QED) is 0.759. The number of thiophene rings is 1.